The fourth-order valence-corrected chi connectivity index (χ4v) is 7.16. The number of benzene rings is 4. The summed E-state index contributed by atoms with van der Waals surface area (Å²) in [6.45, 7) is 9.80. The molecule has 1 unspecified atom stereocenters. The summed E-state index contributed by atoms with van der Waals surface area (Å²) < 4.78 is 6.59. The maximum atomic E-state index is 6.59. The number of ether oxygens (including phenoxy) is 1. The van der Waals surface area contributed by atoms with Crippen molar-refractivity contribution < 1.29 is 4.74 Å². The van der Waals surface area contributed by atoms with Gasteiger partial charge in [-0.2, -0.15) is 0 Å². The number of rotatable bonds is 3. The average molecular weight is 455 g/mol. The maximum absolute atomic E-state index is 6.59. The lowest BCUT2D eigenvalue weighted by Crippen LogP contribution is -2.62. The van der Waals surface area contributed by atoms with Crippen molar-refractivity contribution in [3.05, 3.63) is 90.5 Å². The van der Waals surface area contributed by atoms with E-state index >= 15 is 0 Å². The number of para-hydroxylation sites is 1. The Hall–Kier alpha value is -3.46. The van der Waals surface area contributed by atoms with Gasteiger partial charge in [0.05, 0.1) is 5.54 Å². The third-order valence-corrected chi connectivity index (χ3v) is 9.49. The van der Waals surface area contributed by atoms with Gasteiger partial charge >= 0.3 is 0 Å². The molecule has 2 nitrogen and oxygen atoms in total. The van der Waals surface area contributed by atoms with E-state index in [4.69, 9.17) is 4.74 Å². The Kier molecular flexibility index (Phi) is 4.20. The topological polar surface area (TPSA) is 12.5 Å². The Labute approximate surface area is 208 Å². The van der Waals surface area contributed by atoms with Gasteiger partial charge in [0, 0.05) is 16.8 Å². The van der Waals surface area contributed by atoms with Crippen LogP contribution in [-0.4, -0.2) is 12.3 Å². The molecule has 35 heavy (non-hydrogen) atoms. The van der Waals surface area contributed by atoms with Crippen LogP contribution in [0.2, 0.25) is 0 Å². The molecule has 3 heteroatoms. The van der Waals surface area contributed by atoms with Crippen molar-refractivity contribution >= 4 is 34.5 Å². The van der Waals surface area contributed by atoms with E-state index < -0.39 is 0 Å². The zero-order chi connectivity index (χ0) is 23.9. The SMILES string of the molecule is CCC1(C)N2c3cccc4c3B(c3cc(-c5ccccc5)ccc3O4)c3cccc(c32)[C@]1(C)CC. The highest BCUT2D eigenvalue weighted by atomic mass is 16.5. The van der Waals surface area contributed by atoms with Gasteiger partial charge in [-0.15, -0.1) is 0 Å². The van der Waals surface area contributed by atoms with E-state index in [1.54, 1.807) is 0 Å². The minimum Gasteiger partial charge on any atom is -0.458 e. The van der Waals surface area contributed by atoms with Crippen LogP contribution in [-0.2, 0) is 5.41 Å². The number of hydrogen-bond donors (Lipinski definition) is 0. The van der Waals surface area contributed by atoms with Crippen molar-refractivity contribution in [3.63, 3.8) is 0 Å². The molecule has 0 aromatic heterocycles. The van der Waals surface area contributed by atoms with Gasteiger partial charge in [0.1, 0.15) is 11.5 Å². The van der Waals surface area contributed by atoms with Crippen molar-refractivity contribution in [3.8, 4) is 22.6 Å². The summed E-state index contributed by atoms with van der Waals surface area (Å²) in [4.78, 5) is 2.67. The Balaban J connectivity index is 1.54. The molecule has 3 aliphatic heterocycles. The van der Waals surface area contributed by atoms with Crippen molar-refractivity contribution in [1.82, 2.24) is 0 Å². The monoisotopic (exact) mass is 455 g/mol. The standard InChI is InChI=1S/C32H30BNO/c1-5-31(3)23-14-10-15-24-30(23)34(32(31,4)6-2)26-16-11-17-28-29(26)33(24)25-20-22(18-19-27(25)35-28)21-12-8-7-9-13-21/h7-20H,5-6H2,1-4H3/t31-,32?/m0/s1. The second-order valence-electron chi connectivity index (χ2n) is 10.7. The van der Waals surface area contributed by atoms with E-state index in [9.17, 15) is 0 Å². The first-order chi connectivity index (χ1) is 17.0. The smallest absolute Gasteiger partial charge is 0.256 e. The molecule has 0 spiro atoms. The molecular formula is C32H30BNO. The predicted molar refractivity (Wildman–Crippen MR) is 148 cm³/mol. The zero-order valence-electron chi connectivity index (χ0n) is 20.9. The molecule has 0 fully saturated rings. The Morgan fingerprint density at radius 3 is 2.31 bits per heavy atom. The zero-order valence-corrected chi connectivity index (χ0v) is 20.9. The summed E-state index contributed by atoms with van der Waals surface area (Å²) in [5.41, 5.74) is 10.8. The van der Waals surface area contributed by atoms with Gasteiger partial charge in [-0.05, 0) is 71.0 Å². The Morgan fingerprint density at radius 1 is 0.743 bits per heavy atom. The first-order valence-corrected chi connectivity index (χ1v) is 13.0. The molecule has 0 saturated carbocycles. The maximum Gasteiger partial charge on any atom is 0.256 e. The lowest BCUT2D eigenvalue weighted by molar-refractivity contribution is 0.261. The summed E-state index contributed by atoms with van der Waals surface area (Å²) in [6, 6.07) is 31.0. The second-order valence-corrected chi connectivity index (χ2v) is 10.7. The Morgan fingerprint density at radius 2 is 1.54 bits per heavy atom. The van der Waals surface area contributed by atoms with E-state index in [-0.39, 0.29) is 17.7 Å². The van der Waals surface area contributed by atoms with Crippen molar-refractivity contribution in [2.24, 2.45) is 0 Å². The van der Waals surface area contributed by atoms with Crippen LogP contribution < -0.4 is 26.0 Å². The highest BCUT2D eigenvalue weighted by Crippen LogP contribution is 2.58. The number of hydrogen-bond acceptors (Lipinski definition) is 2. The number of fused-ring (bicyclic) bond motifs is 4. The largest absolute Gasteiger partial charge is 0.458 e. The van der Waals surface area contributed by atoms with E-state index in [0.29, 0.717) is 0 Å². The molecular weight excluding hydrogens is 425 g/mol. The lowest BCUT2D eigenvalue weighted by atomic mass is 9.34. The van der Waals surface area contributed by atoms with Crippen LogP contribution in [0.5, 0.6) is 11.5 Å². The molecule has 0 aliphatic carbocycles. The minimum atomic E-state index is -0.00750. The van der Waals surface area contributed by atoms with Gasteiger partial charge in [-0.3, -0.25) is 0 Å². The van der Waals surface area contributed by atoms with Crippen LogP contribution >= 0.6 is 0 Å². The molecule has 0 N–H and O–H groups in total. The van der Waals surface area contributed by atoms with E-state index in [1.807, 2.05) is 0 Å². The van der Waals surface area contributed by atoms with Gasteiger partial charge < -0.3 is 9.64 Å². The summed E-state index contributed by atoms with van der Waals surface area (Å²) >= 11 is 0. The summed E-state index contributed by atoms with van der Waals surface area (Å²) in [5.74, 6) is 1.96. The third-order valence-electron chi connectivity index (χ3n) is 9.49. The normalized spacial score (nSPS) is 22.9. The van der Waals surface area contributed by atoms with Gasteiger partial charge in [0.15, 0.2) is 0 Å². The van der Waals surface area contributed by atoms with Crippen LogP contribution in [0.4, 0.5) is 11.4 Å². The van der Waals surface area contributed by atoms with Crippen molar-refractivity contribution in [2.75, 3.05) is 4.90 Å². The molecule has 0 saturated heterocycles. The minimum absolute atomic E-state index is 0.00750. The fourth-order valence-electron chi connectivity index (χ4n) is 7.16. The fraction of sp³-hybridized carbons (Fsp3) is 0.250. The van der Waals surface area contributed by atoms with Crippen LogP contribution in [0, 0.1) is 0 Å². The third kappa shape index (κ3) is 2.46. The molecule has 3 aliphatic rings. The van der Waals surface area contributed by atoms with Crippen LogP contribution in [0.3, 0.4) is 0 Å². The highest BCUT2D eigenvalue weighted by molar-refractivity contribution is 6.99. The molecule has 3 heterocycles. The summed E-state index contributed by atoms with van der Waals surface area (Å²) in [6.07, 6.45) is 2.19. The molecule has 4 aromatic rings. The predicted octanol–water partition coefficient (Wildman–Crippen LogP) is 6.28. The molecule has 2 atom stereocenters. The lowest BCUT2D eigenvalue weighted by Gasteiger charge is -2.49. The summed E-state index contributed by atoms with van der Waals surface area (Å²) in [5, 5.41) is 0. The second kappa shape index (κ2) is 7.04. The van der Waals surface area contributed by atoms with Crippen LogP contribution in [0.1, 0.15) is 46.1 Å². The molecule has 0 radical (unpaired) electrons. The average Bonchev–Trinajstić information content (AvgIpc) is 3.12. The van der Waals surface area contributed by atoms with Gasteiger partial charge in [0.25, 0.3) is 6.71 Å². The van der Waals surface area contributed by atoms with E-state index in [2.05, 4.69) is 118 Å². The van der Waals surface area contributed by atoms with E-state index in [1.165, 1.54) is 44.5 Å². The van der Waals surface area contributed by atoms with Gasteiger partial charge in [0.2, 0.25) is 0 Å². The van der Waals surface area contributed by atoms with Gasteiger partial charge in [-0.1, -0.05) is 87.5 Å². The molecule has 7 rings (SSSR count). The number of nitrogens with zero attached hydrogens (tertiary/aromatic N) is 1. The molecule has 0 amide bonds. The van der Waals surface area contributed by atoms with Crippen LogP contribution in [0.15, 0.2) is 84.9 Å². The Bertz CT molecular complexity index is 1500. The van der Waals surface area contributed by atoms with Crippen molar-refractivity contribution in [1.29, 1.82) is 0 Å². The molecule has 172 valence electrons. The quantitative estimate of drug-likeness (QED) is 0.297. The highest BCUT2D eigenvalue weighted by Gasteiger charge is 2.58. The first kappa shape index (κ1) is 20.9. The molecule has 4 aromatic carbocycles. The summed E-state index contributed by atoms with van der Waals surface area (Å²) in [7, 11) is 0. The van der Waals surface area contributed by atoms with Gasteiger partial charge in [-0.25, -0.2) is 0 Å². The molecule has 0 bridgehead atoms. The van der Waals surface area contributed by atoms with Crippen LogP contribution in [0.25, 0.3) is 11.1 Å². The van der Waals surface area contributed by atoms with Crippen molar-refractivity contribution in [2.45, 2.75) is 51.5 Å². The first-order valence-electron chi connectivity index (χ1n) is 13.0. The number of anilines is 2. The van der Waals surface area contributed by atoms with E-state index in [0.717, 1.165) is 24.3 Å².